The van der Waals surface area contributed by atoms with Crippen LogP contribution < -0.4 is 10.5 Å². The zero-order chi connectivity index (χ0) is 14.8. The van der Waals surface area contributed by atoms with Crippen LogP contribution in [0.25, 0.3) is 0 Å². The van der Waals surface area contributed by atoms with Crippen LogP contribution in [0.1, 0.15) is 18.1 Å². The van der Waals surface area contributed by atoms with Crippen molar-refractivity contribution in [2.75, 3.05) is 5.73 Å². The Morgan fingerprint density at radius 1 is 1.20 bits per heavy atom. The van der Waals surface area contributed by atoms with Crippen molar-refractivity contribution in [2.24, 2.45) is 0 Å². The quantitative estimate of drug-likeness (QED) is 0.924. The smallest absolute Gasteiger partial charge is 0.416 e. The van der Waals surface area contributed by atoms with Crippen LogP contribution in [0.15, 0.2) is 36.4 Å². The topological polar surface area (TPSA) is 48.1 Å². The first-order valence-corrected chi connectivity index (χ1v) is 6.00. The molecule has 2 rings (SSSR count). The number of halogens is 3. The highest BCUT2D eigenvalue weighted by Crippen LogP contribution is 2.33. The molecule has 2 N–H and O–H groups in total. The second kappa shape index (κ2) is 5.40. The largest absolute Gasteiger partial charge is 0.439 e. The van der Waals surface area contributed by atoms with E-state index < -0.39 is 11.7 Å². The number of aryl methyl sites for hydroxylation is 1. The molecule has 20 heavy (non-hydrogen) atoms. The van der Waals surface area contributed by atoms with Gasteiger partial charge in [-0.3, -0.25) is 0 Å². The molecule has 0 saturated carbocycles. The van der Waals surface area contributed by atoms with Crippen LogP contribution >= 0.6 is 0 Å². The van der Waals surface area contributed by atoms with Crippen LogP contribution in [0.2, 0.25) is 0 Å². The highest BCUT2D eigenvalue weighted by atomic mass is 19.4. The van der Waals surface area contributed by atoms with Crippen molar-refractivity contribution in [3.8, 4) is 11.6 Å². The van der Waals surface area contributed by atoms with E-state index in [0.29, 0.717) is 5.75 Å². The van der Waals surface area contributed by atoms with Crippen LogP contribution in [-0.4, -0.2) is 4.98 Å². The molecule has 0 aliphatic rings. The highest BCUT2D eigenvalue weighted by Gasteiger charge is 2.31. The first kappa shape index (κ1) is 14.2. The van der Waals surface area contributed by atoms with Crippen molar-refractivity contribution < 1.29 is 17.9 Å². The molecule has 2 aromatic rings. The molecule has 0 aliphatic carbocycles. The summed E-state index contributed by atoms with van der Waals surface area (Å²) in [5.41, 5.74) is 5.51. The third-order valence-electron chi connectivity index (χ3n) is 2.68. The molecule has 1 aromatic carbocycles. The summed E-state index contributed by atoms with van der Waals surface area (Å²) in [7, 11) is 0. The number of hydrogen-bond donors (Lipinski definition) is 1. The molecule has 0 aliphatic heterocycles. The summed E-state index contributed by atoms with van der Waals surface area (Å²) >= 11 is 0. The van der Waals surface area contributed by atoms with Gasteiger partial charge in [0.05, 0.1) is 5.56 Å². The molecule has 0 atom stereocenters. The fourth-order valence-corrected chi connectivity index (χ4v) is 1.69. The lowest BCUT2D eigenvalue weighted by Gasteiger charge is -2.11. The summed E-state index contributed by atoms with van der Waals surface area (Å²) in [6, 6.07) is 8.67. The Morgan fingerprint density at radius 3 is 2.60 bits per heavy atom. The number of rotatable bonds is 3. The van der Waals surface area contributed by atoms with Crippen molar-refractivity contribution in [1.29, 1.82) is 0 Å². The maximum atomic E-state index is 12.7. The number of ether oxygens (including phenoxy) is 1. The summed E-state index contributed by atoms with van der Waals surface area (Å²) in [4.78, 5) is 3.75. The van der Waals surface area contributed by atoms with Crippen molar-refractivity contribution in [3.63, 3.8) is 0 Å². The van der Waals surface area contributed by atoms with E-state index >= 15 is 0 Å². The van der Waals surface area contributed by atoms with Gasteiger partial charge in [0, 0.05) is 6.07 Å². The number of nitrogens with zero attached hydrogens (tertiary/aromatic N) is 1. The van der Waals surface area contributed by atoms with Gasteiger partial charge < -0.3 is 10.5 Å². The first-order chi connectivity index (χ1) is 9.38. The van der Waals surface area contributed by atoms with Crippen LogP contribution in [0.3, 0.4) is 0 Å². The number of aromatic nitrogens is 1. The summed E-state index contributed by atoms with van der Waals surface area (Å²) in [5, 5.41) is 0. The van der Waals surface area contributed by atoms with Gasteiger partial charge >= 0.3 is 6.18 Å². The third-order valence-corrected chi connectivity index (χ3v) is 2.68. The van der Waals surface area contributed by atoms with Crippen molar-refractivity contribution in [3.05, 3.63) is 47.5 Å². The van der Waals surface area contributed by atoms with E-state index in [0.717, 1.165) is 24.1 Å². The second-order valence-electron chi connectivity index (χ2n) is 4.22. The van der Waals surface area contributed by atoms with Crippen LogP contribution in [0.5, 0.6) is 11.6 Å². The fourth-order valence-electron chi connectivity index (χ4n) is 1.69. The Labute approximate surface area is 114 Å². The highest BCUT2D eigenvalue weighted by molar-refractivity contribution is 5.40. The predicted molar refractivity (Wildman–Crippen MR) is 69.5 cm³/mol. The van der Waals surface area contributed by atoms with Gasteiger partial charge in [0.2, 0.25) is 5.88 Å². The van der Waals surface area contributed by atoms with Gasteiger partial charge in [0.25, 0.3) is 0 Å². The van der Waals surface area contributed by atoms with Gasteiger partial charge in [-0.2, -0.15) is 18.2 Å². The van der Waals surface area contributed by atoms with Crippen LogP contribution in [0.4, 0.5) is 19.0 Å². The van der Waals surface area contributed by atoms with Gasteiger partial charge in [-0.25, -0.2) is 0 Å². The molecule has 0 amide bonds. The third kappa shape index (κ3) is 3.40. The molecule has 3 nitrogen and oxygen atoms in total. The normalized spacial score (nSPS) is 11.4. The van der Waals surface area contributed by atoms with E-state index in [1.807, 2.05) is 13.0 Å². The molecule has 0 radical (unpaired) electrons. The Hall–Kier alpha value is -2.24. The average molecular weight is 282 g/mol. The van der Waals surface area contributed by atoms with E-state index in [4.69, 9.17) is 10.5 Å². The molecule has 0 saturated heterocycles. The van der Waals surface area contributed by atoms with Crippen molar-refractivity contribution in [1.82, 2.24) is 4.98 Å². The zero-order valence-corrected chi connectivity index (χ0v) is 10.7. The number of anilines is 1. The maximum absolute atomic E-state index is 12.7. The lowest BCUT2D eigenvalue weighted by molar-refractivity contribution is -0.137. The molecule has 0 spiro atoms. The Bertz CT molecular complexity index is 612. The van der Waals surface area contributed by atoms with Gasteiger partial charge in [-0.15, -0.1) is 0 Å². The number of nitrogens with two attached hydrogens (primary N) is 1. The number of pyridine rings is 1. The molecule has 0 fully saturated rings. The van der Waals surface area contributed by atoms with Crippen molar-refractivity contribution in [2.45, 2.75) is 19.5 Å². The zero-order valence-electron chi connectivity index (χ0n) is 10.7. The minimum Gasteiger partial charge on any atom is -0.439 e. The fraction of sp³-hybridized carbons (Fsp3) is 0.214. The molecular formula is C14H13F3N2O. The lowest BCUT2D eigenvalue weighted by atomic mass is 10.2. The number of alkyl halides is 3. The van der Waals surface area contributed by atoms with Gasteiger partial charge in [0.15, 0.2) is 0 Å². The van der Waals surface area contributed by atoms with Crippen molar-refractivity contribution >= 4 is 5.82 Å². The van der Waals surface area contributed by atoms with E-state index in [1.54, 1.807) is 18.2 Å². The monoisotopic (exact) mass is 282 g/mol. The standard InChI is InChI=1S/C14H13F3N2O/c1-2-9-4-3-5-11(6-9)20-13-8-10(14(15,16)17)7-12(18)19-13/h3-8H,2H2,1H3,(H2,18,19). The maximum Gasteiger partial charge on any atom is 0.416 e. The molecule has 0 unspecified atom stereocenters. The lowest BCUT2D eigenvalue weighted by Crippen LogP contribution is -2.07. The average Bonchev–Trinajstić information content (AvgIpc) is 2.37. The predicted octanol–water partition coefficient (Wildman–Crippen LogP) is 4.04. The van der Waals surface area contributed by atoms with E-state index in [-0.39, 0.29) is 11.7 Å². The van der Waals surface area contributed by atoms with Gasteiger partial charge in [0.1, 0.15) is 11.6 Å². The van der Waals surface area contributed by atoms with Gasteiger partial charge in [-0.1, -0.05) is 19.1 Å². The minimum atomic E-state index is -4.49. The van der Waals surface area contributed by atoms with E-state index in [2.05, 4.69) is 4.98 Å². The van der Waals surface area contributed by atoms with Gasteiger partial charge in [-0.05, 0) is 30.2 Å². The Balaban J connectivity index is 2.31. The number of nitrogen functional groups attached to an aromatic ring is 1. The molecule has 6 heteroatoms. The Morgan fingerprint density at radius 2 is 1.95 bits per heavy atom. The number of benzene rings is 1. The second-order valence-corrected chi connectivity index (χ2v) is 4.22. The Kier molecular flexibility index (Phi) is 3.83. The van der Waals surface area contributed by atoms with E-state index in [1.165, 1.54) is 0 Å². The van der Waals surface area contributed by atoms with E-state index in [9.17, 15) is 13.2 Å². The summed E-state index contributed by atoms with van der Waals surface area (Å²) in [5.74, 6) is 0.0163. The molecule has 0 bridgehead atoms. The number of hydrogen-bond acceptors (Lipinski definition) is 3. The molecule has 106 valence electrons. The summed E-state index contributed by atoms with van der Waals surface area (Å²) in [6.07, 6.45) is -3.68. The minimum absolute atomic E-state index is 0.175. The molecular weight excluding hydrogens is 269 g/mol. The SMILES string of the molecule is CCc1cccc(Oc2cc(C(F)(F)F)cc(N)n2)c1. The molecule has 1 aromatic heterocycles. The summed E-state index contributed by atoms with van der Waals surface area (Å²) < 4.78 is 43.3. The van der Waals surface area contributed by atoms with Crippen LogP contribution in [0, 0.1) is 0 Å². The molecule has 1 heterocycles. The summed E-state index contributed by atoms with van der Waals surface area (Å²) in [6.45, 7) is 1.97. The first-order valence-electron chi connectivity index (χ1n) is 6.00. The van der Waals surface area contributed by atoms with Crippen LogP contribution in [-0.2, 0) is 12.6 Å².